The quantitative estimate of drug-likeness (QED) is 0.219. The van der Waals surface area contributed by atoms with Gasteiger partial charge in [0.15, 0.2) is 6.10 Å². The van der Waals surface area contributed by atoms with Crippen LogP contribution in [-0.4, -0.2) is 66.6 Å². The molecule has 0 aliphatic heterocycles. The Hall–Kier alpha value is -0.280. The standard InChI is InChI=1S/C5H12O7/c6-1-2(7)3(8)4(9)5(10,11)12/h2-4,6-12H,1H2/t2-,3-,4+/m1/s1. The van der Waals surface area contributed by atoms with E-state index < -0.39 is 30.9 Å². The lowest BCUT2D eigenvalue weighted by atomic mass is 10.1. The van der Waals surface area contributed by atoms with E-state index in [4.69, 9.17) is 35.7 Å². The lowest BCUT2D eigenvalue weighted by Gasteiger charge is -2.27. The molecule has 0 rings (SSSR count). The van der Waals surface area contributed by atoms with Gasteiger partial charge in [0.2, 0.25) is 0 Å². The number of hydrogen-bond acceptors (Lipinski definition) is 7. The monoisotopic (exact) mass is 184 g/mol. The number of hydrogen-bond donors (Lipinski definition) is 7. The minimum Gasteiger partial charge on any atom is -0.394 e. The van der Waals surface area contributed by atoms with Crippen LogP contribution in [0, 0.1) is 0 Å². The van der Waals surface area contributed by atoms with E-state index in [0.717, 1.165) is 0 Å². The summed E-state index contributed by atoms with van der Waals surface area (Å²) >= 11 is 0. The van der Waals surface area contributed by atoms with Gasteiger partial charge in [0.1, 0.15) is 12.2 Å². The molecular weight excluding hydrogens is 172 g/mol. The third kappa shape index (κ3) is 2.99. The minimum atomic E-state index is -3.50. The summed E-state index contributed by atoms with van der Waals surface area (Å²) in [5, 5.41) is 59.3. The van der Waals surface area contributed by atoms with Gasteiger partial charge in [-0.2, -0.15) is 0 Å². The number of aliphatic hydroxyl groups is 7. The Balaban J connectivity index is 4.19. The van der Waals surface area contributed by atoms with Crippen molar-refractivity contribution in [3.05, 3.63) is 0 Å². The van der Waals surface area contributed by atoms with Crippen LogP contribution in [0.25, 0.3) is 0 Å². The van der Waals surface area contributed by atoms with E-state index >= 15 is 0 Å². The zero-order chi connectivity index (χ0) is 9.94. The molecule has 0 unspecified atom stereocenters. The average molecular weight is 184 g/mol. The summed E-state index contributed by atoms with van der Waals surface area (Å²) in [6.45, 7) is -0.881. The highest BCUT2D eigenvalue weighted by atomic mass is 16.7. The van der Waals surface area contributed by atoms with E-state index in [1.807, 2.05) is 0 Å². The maximum absolute atomic E-state index is 8.78. The van der Waals surface area contributed by atoms with E-state index in [9.17, 15) is 0 Å². The molecular formula is C5H12O7. The van der Waals surface area contributed by atoms with E-state index in [1.165, 1.54) is 0 Å². The zero-order valence-corrected chi connectivity index (χ0v) is 6.07. The van der Waals surface area contributed by atoms with Gasteiger partial charge >= 0.3 is 5.97 Å². The molecule has 74 valence electrons. The Morgan fingerprint density at radius 3 is 1.67 bits per heavy atom. The summed E-state index contributed by atoms with van der Waals surface area (Å²) in [4.78, 5) is 0. The third-order valence-corrected chi connectivity index (χ3v) is 1.30. The van der Waals surface area contributed by atoms with E-state index in [0.29, 0.717) is 0 Å². The van der Waals surface area contributed by atoms with Gasteiger partial charge in [-0.15, -0.1) is 0 Å². The first-order chi connectivity index (χ1) is 5.30. The lowest BCUT2D eigenvalue weighted by molar-refractivity contribution is -0.370. The largest absolute Gasteiger partial charge is 0.394 e. The molecule has 0 radical (unpaired) electrons. The molecule has 0 saturated heterocycles. The summed E-state index contributed by atoms with van der Waals surface area (Å²) in [5.41, 5.74) is 0. The highest BCUT2D eigenvalue weighted by Gasteiger charge is 2.39. The molecule has 7 nitrogen and oxygen atoms in total. The number of aliphatic hydroxyl groups excluding tert-OH is 4. The maximum atomic E-state index is 8.78. The molecule has 0 aliphatic rings. The van der Waals surface area contributed by atoms with Crippen LogP contribution >= 0.6 is 0 Å². The third-order valence-electron chi connectivity index (χ3n) is 1.30. The molecule has 0 aromatic rings. The van der Waals surface area contributed by atoms with Gasteiger partial charge in [-0.05, 0) is 0 Å². The second-order valence-corrected chi connectivity index (χ2v) is 2.37. The van der Waals surface area contributed by atoms with Crippen molar-refractivity contribution in [1.29, 1.82) is 0 Å². The molecule has 0 bridgehead atoms. The fourth-order valence-electron chi connectivity index (χ4n) is 0.548. The minimum absolute atomic E-state index is 0.881. The van der Waals surface area contributed by atoms with Crippen molar-refractivity contribution in [2.24, 2.45) is 0 Å². The molecule has 7 N–H and O–H groups in total. The fraction of sp³-hybridized carbons (Fsp3) is 1.00. The molecule has 12 heavy (non-hydrogen) atoms. The summed E-state index contributed by atoms with van der Waals surface area (Å²) in [5.74, 6) is -3.50. The van der Waals surface area contributed by atoms with Gasteiger partial charge in [-0.3, -0.25) is 0 Å². The first-order valence-corrected chi connectivity index (χ1v) is 3.13. The Labute approximate surface area is 67.8 Å². The summed E-state index contributed by atoms with van der Waals surface area (Å²) in [6, 6.07) is 0. The fourth-order valence-corrected chi connectivity index (χ4v) is 0.548. The highest BCUT2D eigenvalue weighted by Crippen LogP contribution is 2.09. The average Bonchev–Trinajstić information content (AvgIpc) is 1.98. The Morgan fingerprint density at radius 1 is 1.00 bits per heavy atom. The molecule has 0 amide bonds. The SMILES string of the molecule is OC[C@@H](O)[C@@H](O)[C@H](O)C(O)(O)O. The zero-order valence-electron chi connectivity index (χ0n) is 6.07. The van der Waals surface area contributed by atoms with Gasteiger partial charge in [0, 0.05) is 0 Å². The van der Waals surface area contributed by atoms with Crippen molar-refractivity contribution in [3.63, 3.8) is 0 Å². The first kappa shape index (κ1) is 11.7. The molecule has 3 atom stereocenters. The summed E-state index contributed by atoms with van der Waals surface area (Å²) in [6.07, 6.45) is -6.18. The van der Waals surface area contributed by atoms with Crippen LogP contribution < -0.4 is 0 Å². The lowest BCUT2D eigenvalue weighted by Crippen LogP contribution is -2.53. The summed E-state index contributed by atoms with van der Waals surface area (Å²) in [7, 11) is 0. The van der Waals surface area contributed by atoms with E-state index in [-0.39, 0.29) is 0 Å². The van der Waals surface area contributed by atoms with Crippen LogP contribution in [0.1, 0.15) is 0 Å². The Morgan fingerprint density at radius 2 is 1.42 bits per heavy atom. The van der Waals surface area contributed by atoms with Crippen molar-refractivity contribution >= 4 is 0 Å². The Bertz CT molecular complexity index is 130. The highest BCUT2D eigenvalue weighted by molar-refractivity contribution is 4.78. The predicted molar refractivity (Wildman–Crippen MR) is 34.5 cm³/mol. The van der Waals surface area contributed by atoms with Crippen LogP contribution in [0.5, 0.6) is 0 Å². The normalized spacial score (nSPS) is 20.2. The molecule has 0 fully saturated rings. The molecule has 0 aliphatic carbocycles. The van der Waals surface area contributed by atoms with Crippen LogP contribution in [-0.2, 0) is 0 Å². The number of rotatable bonds is 4. The molecule has 7 heteroatoms. The molecule has 0 heterocycles. The van der Waals surface area contributed by atoms with Gasteiger partial charge in [0.05, 0.1) is 6.61 Å². The molecule has 0 saturated carbocycles. The molecule has 0 aromatic carbocycles. The predicted octanol–water partition coefficient (Wildman–Crippen LogP) is -4.31. The van der Waals surface area contributed by atoms with Crippen molar-refractivity contribution in [3.8, 4) is 0 Å². The smallest absolute Gasteiger partial charge is 0.305 e. The van der Waals surface area contributed by atoms with Crippen molar-refractivity contribution in [2.45, 2.75) is 24.3 Å². The molecule has 0 spiro atoms. The van der Waals surface area contributed by atoms with Gasteiger partial charge < -0.3 is 35.7 Å². The van der Waals surface area contributed by atoms with E-state index in [1.54, 1.807) is 0 Å². The second-order valence-electron chi connectivity index (χ2n) is 2.37. The maximum Gasteiger partial charge on any atom is 0.305 e. The van der Waals surface area contributed by atoms with E-state index in [2.05, 4.69) is 0 Å². The van der Waals surface area contributed by atoms with Crippen LogP contribution in [0.4, 0.5) is 0 Å². The summed E-state index contributed by atoms with van der Waals surface area (Å²) < 4.78 is 0. The first-order valence-electron chi connectivity index (χ1n) is 3.13. The van der Waals surface area contributed by atoms with Crippen molar-refractivity contribution < 1.29 is 35.7 Å². The van der Waals surface area contributed by atoms with Crippen molar-refractivity contribution in [2.75, 3.05) is 6.61 Å². The molecule has 0 aromatic heterocycles. The second kappa shape index (κ2) is 4.10. The van der Waals surface area contributed by atoms with Crippen LogP contribution in [0.2, 0.25) is 0 Å². The van der Waals surface area contributed by atoms with Gasteiger partial charge in [-0.25, -0.2) is 0 Å². The van der Waals surface area contributed by atoms with Gasteiger partial charge in [0.25, 0.3) is 0 Å². The van der Waals surface area contributed by atoms with Crippen LogP contribution in [0.15, 0.2) is 0 Å². The Kier molecular flexibility index (Phi) is 4.00. The van der Waals surface area contributed by atoms with Crippen LogP contribution in [0.3, 0.4) is 0 Å². The van der Waals surface area contributed by atoms with Crippen molar-refractivity contribution in [1.82, 2.24) is 0 Å². The topological polar surface area (TPSA) is 142 Å². The van der Waals surface area contributed by atoms with Gasteiger partial charge in [-0.1, -0.05) is 0 Å².